The van der Waals surface area contributed by atoms with E-state index in [1.54, 1.807) is 0 Å². The highest BCUT2D eigenvalue weighted by Crippen LogP contribution is 2.31. The van der Waals surface area contributed by atoms with Crippen LogP contribution in [0.5, 0.6) is 0 Å². The normalized spacial score (nSPS) is 15.9. The van der Waals surface area contributed by atoms with Crippen LogP contribution >= 0.6 is 0 Å². The van der Waals surface area contributed by atoms with E-state index in [0.717, 1.165) is 23.7 Å². The number of hydrogen-bond acceptors (Lipinski definition) is 0. The first-order valence-corrected chi connectivity index (χ1v) is 14.1. The fraction of sp³-hybridized carbons (Fsp3) is 1.00. The van der Waals surface area contributed by atoms with Crippen LogP contribution in [0.25, 0.3) is 0 Å². The Morgan fingerprint density at radius 2 is 0.897 bits per heavy atom. The Morgan fingerprint density at radius 3 is 1.31 bits per heavy atom. The van der Waals surface area contributed by atoms with Gasteiger partial charge in [-0.2, -0.15) is 0 Å². The quantitative estimate of drug-likeness (QED) is 0.156. The Bertz CT molecular complexity index is 307. The van der Waals surface area contributed by atoms with Crippen LogP contribution < -0.4 is 0 Å². The molecule has 0 rings (SSSR count). The Hall–Kier alpha value is 0. The highest BCUT2D eigenvalue weighted by atomic mass is 14.3. The van der Waals surface area contributed by atoms with Gasteiger partial charge in [0.25, 0.3) is 0 Å². The van der Waals surface area contributed by atoms with E-state index in [0.29, 0.717) is 0 Å². The molecule has 0 saturated carbocycles. The number of hydrogen-bond donors (Lipinski definition) is 0. The summed E-state index contributed by atoms with van der Waals surface area (Å²) < 4.78 is 0. The molecule has 0 bridgehead atoms. The minimum atomic E-state index is 0.890. The topological polar surface area (TPSA) is 0 Å². The third-order valence-electron chi connectivity index (χ3n) is 7.89. The van der Waals surface area contributed by atoms with Gasteiger partial charge in [0.15, 0.2) is 0 Å². The standard InChI is InChI=1S/C29H60/c1-7-10-11-12-13-14-15-16-17-18-19-20-21-22-23-26(4)24-25-29(9-3)28(6)27(5)8-2/h26-29H,7-25H2,1-6H3. The van der Waals surface area contributed by atoms with Gasteiger partial charge in [0, 0.05) is 0 Å². The molecule has 0 aromatic rings. The van der Waals surface area contributed by atoms with Crippen LogP contribution in [0, 0.1) is 23.7 Å². The first kappa shape index (κ1) is 29.0. The molecule has 29 heavy (non-hydrogen) atoms. The maximum Gasteiger partial charge on any atom is -0.0388 e. The second kappa shape index (κ2) is 21.2. The van der Waals surface area contributed by atoms with E-state index in [1.807, 2.05) is 0 Å². The molecule has 0 aromatic carbocycles. The second-order valence-corrected chi connectivity index (χ2v) is 10.5. The Morgan fingerprint density at radius 1 is 0.448 bits per heavy atom. The van der Waals surface area contributed by atoms with Crippen molar-refractivity contribution in [1.82, 2.24) is 0 Å². The third-order valence-corrected chi connectivity index (χ3v) is 7.89. The van der Waals surface area contributed by atoms with Crippen molar-refractivity contribution in [1.29, 1.82) is 0 Å². The lowest BCUT2D eigenvalue weighted by atomic mass is 9.77. The molecule has 0 saturated heterocycles. The van der Waals surface area contributed by atoms with Crippen molar-refractivity contribution in [3.63, 3.8) is 0 Å². The molecule has 0 fully saturated rings. The fourth-order valence-electron chi connectivity index (χ4n) is 5.01. The Labute approximate surface area is 187 Å². The van der Waals surface area contributed by atoms with E-state index in [4.69, 9.17) is 0 Å². The zero-order chi connectivity index (χ0) is 21.7. The molecule has 0 radical (unpaired) electrons. The van der Waals surface area contributed by atoms with Crippen molar-refractivity contribution in [3.05, 3.63) is 0 Å². The van der Waals surface area contributed by atoms with Gasteiger partial charge in [0.2, 0.25) is 0 Å². The molecule has 0 spiro atoms. The van der Waals surface area contributed by atoms with Gasteiger partial charge in [-0.3, -0.25) is 0 Å². The predicted molar refractivity (Wildman–Crippen MR) is 136 cm³/mol. The highest BCUT2D eigenvalue weighted by molar-refractivity contribution is 4.71. The average Bonchev–Trinajstić information content (AvgIpc) is 2.73. The number of unbranched alkanes of at least 4 members (excludes halogenated alkanes) is 13. The first-order valence-electron chi connectivity index (χ1n) is 14.1. The fourth-order valence-corrected chi connectivity index (χ4v) is 5.01. The summed E-state index contributed by atoms with van der Waals surface area (Å²) in [5.41, 5.74) is 0. The van der Waals surface area contributed by atoms with Gasteiger partial charge in [0.1, 0.15) is 0 Å². The van der Waals surface area contributed by atoms with Gasteiger partial charge in [-0.05, 0) is 30.1 Å². The van der Waals surface area contributed by atoms with Gasteiger partial charge in [-0.1, -0.05) is 157 Å². The van der Waals surface area contributed by atoms with Gasteiger partial charge in [-0.15, -0.1) is 0 Å². The van der Waals surface area contributed by atoms with Gasteiger partial charge >= 0.3 is 0 Å². The van der Waals surface area contributed by atoms with Crippen molar-refractivity contribution in [2.45, 2.75) is 164 Å². The first-order chi connectivity index (χ1) is 14.1. The Balaban J connectivity index is 3.46. The van der Waals surface area contributed by atoms with Crippen LogP contribution in [-0.2, 0) is 0 Å². The van der Waals surface area contributed by atoms with E-state index >= 15 is 0 Å². The molecule has 0 aliphatic rings. The van der Waals surface area contributed by atoms with Crippen LogP contribution in [-0.4, -0.2) is 0 Å². The largest absolute Gasteiger partial charge is 0.0654 e. The summed E-state index contributed by atoms with van der Waals surface area (Å²) in [6, 6.07) is 0. The summed E-state index contributed by atoms with van der Waals surface area (Å²) in [4.78, 5) is 0. The van der Waals surface area contributed by atoms with Crippen molar-refractivity contribution in [2.24, 2.45) is 23.7 Å². The predicted octanol–water partition coefficient (Wildman–Crippen LogP) is 11.0. The summed E-state index contributed by atoms with van der Waals surface area (Å²) in [6.45, 7) is 14.5. The number of rotatable bonds is 22. The van der Waals surface area contributed by atoms with Crippen molar-refractivity contribution < 1.29 is 0 Å². The van der Waals surface area contributed by atoms with Gasteiger partial charge in [-0.25, -0.2) is 0 Å². The zero-order valence-corrected chi connectivity index (χ0v) is 21.7. The van der Waals surface area contributed by atoms with Crippen molar-refractivity contribution >= 4 is 0 Å². The summed E-state index contributed by atoms with van der Waals surface area (Å²) in [7, 11) is 0. The summed E-state index contributed by atoms with van der Waals surface area (Å²) in [5.74, 6) is 3.67. The van der Waals surface area contributed by atoms with E-state index in [1.165, 1.54) is 122 Å². The lowest BCUT2D eigenvalue weighted by Gasteiger charge is -2.28. The monoisotopic (exact) mass is 408 g/mol. The molecule has 4 unspecified atom stereocenters. The van der Waals surface area contributed by atoms with Crippen molar-refractivity contribution in [3.8, 4) is 0 Å². The molecule has 0 aromatic heterocycles. The SMILES string of the molecule is CCCCCCCCCCCCCCCCC(C)CCC(CC)C(C)C(C)CC. The van der Waals surface area contributed by atoms with Crippen LogP contribution in [0.15, 0.2) is 0 Å². The smallest absolute Gasteiger partial charge is 0.0388 e. The molecular formula is C29H60. The molecule has 0 N–H and O–H groups in total. The van der Waals surface area contributed by atoms with Crippen LogP contribution in [0.2, 0.25) is 0 Å². The van der Waals surface area contributed by atoms with Crippen LogP contribution in [0.4, 0.5) is 0 Å². The molecule has 4 atom stereocenters. The van der Waals surface area contributed by atoms with E-state index in [2.05, 4.69) is 41.5 Å². The maximum absolute atomic E-state index is 2.50. The molecule has 0 amide bonds. The molecule has 176 valence electrons. The molecule has 0 nitrogen and oxygen atoms in total. The molecular weight excluding hydrogens is 348 g/mol. The van der Waals surface area contributed by atoms with Crippen molar-refractivity contribution in [2.75, 3.05) is 0 Å². The molecule has 0 aliphatic heterocycles. The summed E-state index contributed by atoms with van der Waals surface area (Å²) in [5, 5.41) is 0. The molecule has 0 heterocycles. The highest BCUT2D eigenvalue weighted by Gasteiger charge is 2.20. The Kier molecular flexibility index (Phi) is 21.2. The maximum atomic E-state index is 2.50. The van der Waals surface area contributed by atoms with Crippen LogP contribution in [0.3, 0.4) is 0 Å². The zero-order valence-electron chi connectivity index (χ0n) is 21.7. The lowest BCUT2D eigenvalue weighted by Crippen LogP contribution is -2.19. The van der Waals surface area contributed by atoms with E-state index < -0.39 is 0 Å². The lowest BCUT2D eigenvalue weighted by molar-refractivity contribution is 0.222. The summed E-state index contributed by atoms with van der Waals surface area (Å²) in [6.07, 6.45) is 27.6. The van der Waals surface area contributed by atoms with Gasteiger partial charge < -0.3 is 0 Å². The summed E-state index contributed by atoms with van der Waals surface area (Å²) >= 11 is 0. The van der Waals surface area contributed by atoms with E-state index in [9.17, 15) is 0 Å². The van der Waals surface area contributed by atoms with Crippen LogP contribution in [0.1, 0.15) is 164 Å². The molecule has 0 heteroatoms. The van der Waals surface area contributed by atoms with Gasteiger partial charge in [0.05, 0.1) is 0 Å². The average molecular weight is 409 g/mol. The molecule has 0 aliphatic carbocycles. The van der Waals surface area contributed by atoms with E-state index in [-0.39, 0.29) is 0 Å². The third kappa shape index (κ3) is 17.4. The minimum absolute atomic E-state index is 0.890. The second-order valence-electron chi connectivity index (χ2n) is 10.5. The minimum Gasteiger partial charge on any atom is -0.0654 e.